The fraction of sp³-hybridized carbons (Fsp3) is 0.143. The Morgan fingerprint density at radius 3 is 2.30 bits per heavy atom. The maximum Gasteiger partial charge on any atom is 0.247 e. The zero-order valence-corrected chi connectivity index (χ0v) is 7.09. The van der Waals surface area contributed by atoms with E-state index in [1.54, 1.807) is 0 Å². The summed E-state index contributed by atoms with van der Waals surface area (Å²) in [6, 6.07) is 7.38. The summed E-state index contributed by atoms with van der Waals surface area (Å²) in [6.07, 6.45) is 0. The first-order valence-electron chi connectivity index (χ1n) is 3.20. The topological polar surface area (TPSA) is 26.0 Å². The van der Waals surface area contributed by atoms with E-state index in [1.165, 1.54) is 0 Å². The average molecular weight is 155 g/mol. The first kappa shape index (κ1) is 7.43. The summed E-state index contributed by atoms with van der Waals surface area (Å²) in [7, 11) is -1.47. The third-order valence-electron chi connectivity index (χ3n) is 1.41. The first-order chi connectivity index (χ1) is 4.86. The van der Waals surface area contributed by atoms with Crippen molar-refractivity contribution in [2.75, 3.05) is 0 Å². The predicted octanol–water partition coefficient (Wildman–Crippen LogP) is -0.176. The van der Waals surface area contributed by atoms with Crippen molar-refractivity contribution in [3.05, 3.63) is 29.8 Å². The van der Waals surface area contributed by atoms with Crippen LogP contribution in [0.1, 0.15) is 5.56 Å². The van der Waals surface area contributed by atoms with Crippen molar-refractivity contribution in [3.63, 3.8) is 0 Å². The number of benzene rings is 1. The quantitative estimate of drug-likeness (QED) is 0.465. The fourth-order valence-electron chi connectivity index (χ4n) is 0.764. The normalized spacial score (nSPS) is 11.0. The average Bonchev–Trinajstić information content (AvgIpc) is 2.05. The van der Waals surface area contributed by atoms with Crippen molar-refractivity contribution in [2.45, 2.75) is 6.54 Å². The van der Waals surface area contributed by atoms with Gasteiger partial charge in [0.25, 0.3) is 0 Å². The van der Waals surface area contributed by atoms with Gasteiger partial charge in [0.15, 0.2) is 0 Å². The maximum atomic E-state index is 12.1. The fourth-order valence-corrected chi connectivity index (χ4v) is 1.18. The lowest BCUT2D eigenvalue weighted by atomic mass is 10.2. The van der Waals surface area contributed by atoms with Crippen molar-refractivity contribution < 1.29 is 4.11 Å². The van der Waals surface area contributed by atoms with E-state index in [2.05, 4.69) is 0 Å². The van der Waals surface area contributed by atoms with Crippen LogP contribution in [0, 0.1) is 0 Å². The molecule has 0 saturated heterocycles. The van der Waals surface area contributed by atoms with Crippen molar-refractivity contribution >= 4 is 15.0 Å². The van der Waals surface area contributed by atoms with E-state index in [4.69, 9.17) is 5.73 Å². The minimum Gasteiger partial charge on any atom is -0.326 e. The van der Waals surface area contributed by atoms with Crippen molar-refractivity contribution in [1.82, 2.24) is 0 Å². The van der Waals surface area contributed by atoms with Crippen molar-refractivity contribution in [2.24, 2.45) is 5.73 Å². The molecule has 10 heavy (non-hydrogen) atoms. The third-order valence-corrected chi connectivity index (χ3v) is 2.19. The van der Waals surface area contributed by atoms with Gasteiger partial charge in [0, 0.05) is 6.54 Å². The van der Waals surface area contributed by atoms with E-state index in [-0.39, 0.29) is 0 Å². The third kappa shape index (κ3) is 1.65. The van der Waals surface area contributed by atoms with Crippen LogP contribution in [0.25, 0.3) is 0 Å². The van der Waals surface area contributed by atoms with Gasteiger partial charge in [0.1, 0.15) is 0 Å². The summed E-state index contributed by atoms with van der Waals surface area (Å²) in [5.74, 6) is 0. The van der Waals surface area contributed by atoms with Crippen molar-refractivity contribution in [1.29, 1.82) is 0 Å². The summed E-state index contributed by atoms with van der Waals surface area (Å²) in [5.41, 5.74) is 6.42. The molecule has 1 aromatic carbocycles. The Hall–Kier alpha value is -0.673. The van der Waals surface area contributed by atoms with E-state index >= 15 is 0 Å². The number of nitrogens with two attached hydrogens (primary N) is 1. The lowest BCUT2D eigenvalue weighted by Crippen LogP contribution is -2.09. The number of rotatable bonds is 2. The zero-order valence-electron chi connectivity index (χ0n) is 5.68. The van der Waals surface area contributed by atoms with Crippen LogP contribution in [-0.2, 0) is 6.54 Å². The molecular weight excluding hydrogens is 145 g/mol. The van der Waals surface area contributed by atoms with Crippen LogP contribution in [0.2, 0.25) is 0 Å². The van der Waals surface area contributed by atoms with E-state index in [0.717, 1.165) is 10.8 Å². The highest BCUT2D eigenvalue weighted by atomic mass is 28.3. The minimum atomic E-state index is -1.47. The molecular formula is C7H10FNSi. The molecule has 0 aliphatic rings. The monoisotopic (exact) mass is 155 g/mol. The maximum absolute atomic E-state index is 12.1. The highest BCUT2D eigenvalue weighted by Gasteiger charge is 1.91. The second-order valence-electron chi connectivity index (χ2n) is 2.15. The second-order valence-corrected chi connectivity index (χ2v) is 3.24. The van der Waals surface area contributed by atoms with E-state index in [0.29, 0.717) is 6.54 Å². The second kappa shape index (κ2) is 3.48. The predicted molar refractivity (Wildman–Crippen MR) is 43.6 cm³/mol. The summed E-state index contributed by atoms with van der Waals surface area (Å²) < 4.78 is 12.1. The summed E-state index contributed by atoms with van der Waals surface area (Å²) in [5, 5.41) is 0.845. The first-order valence-corrected chi connectivity index (χ1v) is 4.45. The van der Waals surface area contributed by atoms with Gasteiger partial charge < -0.3 is 9.84 Å². The lowest BCUT2D eigenvalue weighted by molar-refractivity contribution is 0.884. The van der Waals surface area contributed by atoms with Crippen LogP contribution >= 0.6 is 0 Å². The van der Waals surface area contributed by atoms with Gasteiger partial charge in [-0.3, -0.25) is 0 Å². The summed E-state index contributed by atoms with van der Waals surface area (Å²) >= 11 is 0. The Kier molecular flexibility index (Phi) is 2.59. The summed E-state index contributed by atoms with van der Waals surface area (Å²) in [6.45, 7) is 0.536. The molecule has 0 aliphatic heterocycles. The van der Waals surface area contributed by atoms with Crippen LogP contribution in [0.3, 0.4) is 0 Å². The van der Waals surface area contributed by atoms with E-state index in [1.807, 2.05) is 24.3 Å². The van der Waals surface area contributed by atoms with Gasteiger partial charge in [-0.05, 0) is 10.8 Å². The van der Waals surface area contributed by atoms with Gasteiger partial charge in [-0.1, -0.05) is 24.3 Å². The number of hydrogen-bond donors (Lipinski definition) is 1. The van der Waals surface area contributed by atoms with Crippen LogP contribution in [0.5, 0.6) is 0 Å². The Morgan fingerprint density at radius 1 is 1.30 bits per heavy atom. The SMILES string of the molecule is NCc1ccc([SiH2]F)cc1. The van der Waals surface area contributed by atoms with Crippen LogP contribution in [-0.4, -0.2) is 9.85 Å². The van der Waals surface area contributed by atoms with Gasteiger partial charge in [0.05, 0.1) is 0 Å². The van der Waals surface area contributed by atoms with Gasteiger partial charge in [-0.15, -0.1) is 0 Å². The smallest absolute Gasteiger partial charge is 0.247 e. The molecule has 0 unspecified atom stereocenters. The molecule has 1 rings (SSSR count). The van der Waals surface area contributed by atoms with Gasteiger partial charge in [0.2, 0.25) is 9.85 Å². The standard InChI is InChI=1S/C7H10FNSi/c8-10-7-3-1-6(5-9)2-4-7/h1-4H,5,9-10H2. The molecule has 1 aromatic rings. The van der Waals surface area contributed by atoms with E-state index in [9.17, 15) is 4.11 Å². The van der Waals surface area contributed by atoms with Gasteiger partial charge >= 0.3 is 0 Å². The Balaban J connectivity index is 2.80. The Labute approximate surface area is 62.1 Å². The molecule has 0 radical (unpaired) electrons. The van der Waals surface area contributed by atoms with Crippen LogP contribution in [0.4, 0.5) is 4.11 Å². The molecule has 0 fully saturated rings. The molecule has 0 atom stereocenters. The molecule has 0 saturated carbocycles. The van der Waals surface area contributed by atoms with Gasteiger partial charge in [-0.2, -0.15) is 0 Å². The summed E-state index contributed by atoms with van der Waals surface area (Å²) in [4.78, 5) is 0. The number of hydrogen-bond acceptors (Lipinski definition) is 1. The van der Waals surface area contributed by atoms with Crippen LogP contribution < -0.4 is 10.9 Å². The zero-order chi connectivity index (χ0) is 7.40. The highest BCUT2D eigenvalue weighted by Crippen LogP contribution is 1.93. The van der Waals surface area contributed by atoms with Crippen molar-refractivity contribution in [3.8, 4) is 0 Å². The molecule has 2 N–H and O–H groups in total. The van der Waals surface area contributed by atoms with Crippen LogP contribution in [0.15, 0.2) is 24.3 Å². The highest BCUT2D eigenvalue weighted by molar-refractivity contribution is 6.46. The Morgan fingerprint density at radius 2 is 1.90 bits per heavy atom. The van der Waals surface area contributed by atoms with E-state index < -0.39 is 9.85 Å². The minimum absolute atomic E-state index is 0.536. The molecule has 0 aliphatic carbocycles. The lowest BCUT2D eigenvalue weighted by Gasteiger charge is -1.95. The molecule has 0 heterocycles. The molecule has 0 bridgehead atoms. The molecule has 54 valence electrons. The largest absolute Gasteiger partial charge is 0.326 e. The molecule has 3 heteroatoms. The molecule has 0 amide bonds. The number of halogens is 1. The molecule has 0 spiro atoms. The Bertz CT molecular complexity index is 174. The molecule has 0 aromatic heterocycles. The molecule has 1 nitrogen and oxygen atoms in total. The van der Waals surface area contributed by atoms with Gasteiger partial charge in [-0.25, -0.2) is 0 Å².